The first kappa shape index (κ1) is 9.00. The molecule has 0 saturated heterocycles. The van der Waals surface area contributed by atoms with Gasteiger partial charge in [-0.15, -0.1) is 0 Å². The van der Waals surface area contributed by atoms with Gasteiger partial charge in [0.1, 0.15) is 7.85 Å². The molecular formula is C5H9BO4. The summed E-state index contributed by atoms with van der Waals surface area (Å²) in [5.74, 6) is -2.45. The highest BCUT2D eigenvalue weighted by Crippen LogP contribution is 2.07. The van der Waals surface area contributed by atoms with E-state index in [1.165, 1.54) is 7.85 Å². The maximum Gasteiger partial charge on any atom is 0.303 e. The van der Waals surface area contributed by atoms with Crippen LogP contribution in [0, 0.1) is 0 Å². The Morgan fingerprint density at radius 3 is 2.20 bits per heavy atom. The monoisotopic (exact) mass is 144 g/mol. The summed E-state index contributed by atoms with van der Waals surface area (Å²) in [6.45, 7) is 0. The molecule has 0 aliphatic heterocycles. The van der Waals surface area contributed by atoms with E-state index in [-0.39, 0.29) is 12.8 Å². The predicted octanol–water partition coefficient (Wildman–Crippen LogP) is -0.643. The van der Waals surface area contributed by atoms with E-state index >= 15 is 0 Å². The first-order chi connectivity index (χ1) is 4.54. The second-order valence-corrected chi connectivity index (χ2v) is 2.17. The Kier molecular flexibility index (Phi) is 3.53. The highest BCUT2D eigenvalue weighted by molar-refractivity contribution is 6.22. The molecule has 10 heavy (non-hydrogen) atoms. The normalized spacial score (nSPS) is 12.4. The lowest BCUT2D eigenvalue weighted by atomic mass is 9.84. The summed E-state index contributed by atoms with van der Waals surface area (Å²) in [5, 5.41) is 16.5. The van der Waals surface area contributed by atoms with Crippen LogP contribution in [0.25, 0.3) is 0 Å². The fraction of sp³-hybridized carbons (Fsp3) is 0.600. The second kappa shape index (κ2) is 3.92. The molecule has 0 amide bonds. The van der Waals surface area contributed by atoms with E-state index < -0.39 is 17.8 Å². The zero-order valence-corrected chi connectivity index (χ0v) is 5.70. The van der Waals surface area contributed by atoms with Gasteiger partial charge in [0.05, 0.1) is 0 Å². The Labute approximate surface area is 59.3 Å². The van der Waals surface area contributed by atoms with Gasteiger partial charge < -0.3 is 10.2 Å². The average molecular weight is 144 g/mol. The van der Waals surface area contributed by atoms with Gasteiger partial charge in [0.25, 0.3) is 5.97 Å². The molecule has 0 aliphatic carbocycles. The molecule has 2 N–H and O–H groups in total. The van der Waals surface area contributed by atoms with E-state index in [0.717, 1.165) is 0 Å². The summed E-state index contributed by atoms with van der Waals surface area (Å²) in [4.78, 5) is 20.1. The van der Waals surface area contributed by atoms with Crippen molar-refractivity contribution in [1.82, 2.24) is 0 Å². The Hall–Kier alpha value is -0.995. The fourth-order valence-corrected chi connectivity index (χ4v) is 0.463. The lowest BCUT2D eigenvalue weighted by Crippen LogP contribution is -2.09. The smallest absolute Gasteiger partial charge is 0.303 e. The van der Waals surface area contributed by atoms with Crippen molar-refractivity contribution in [2.24, 2.45) is 0 Å². The fourth-order valence-electron chi connectivity index (χ4n) is 0.463. The van der Waals surface area contributed by atoms with Crippen LogP contribution < -0.4 is 0 Å². The first-order valence-electron chi connectivity index (χ1n) is 2.98. The zero-order valence-electron chi connectivity index (χ0n) is 5.70. The van der Waals surface area contributed by atoms with Crippen molar-refractivity contribution in [2.75, 3.05) is 0 Å². The Bertz CT molecular complexity index is 145. The van der Waals surface area contributed by atoms with E-state index in [9.17, 15) is 9.59 Å². The van der Waals surface area contributed by atoms with Gasteiger partial charge in [-0.2, -0.15) is 0 Å². The van der Waals surface area contributed by atoms with Crippen LogP contribution in [0.2, 0.25) is 5.82 Å². The average Bonchev–Trinajstić information content (AvgIpc) is 1.82. The van der Waals surface area contributed by atoms with Crippen LogP contribution >= 0.6 is 0 Å². The maximum atomic E-state index is 10.1. The van der Waals surface area contributed by atoms with Gasteiger partial charge in [-0.3, -0.25) is 9.59 Å². The molecule has 0 aromatic rings. The minimum absolute atomic E-state index is 0.0759. The lowest BCUT2D eigenvalue weighted by molar-refractivity contribution is -0.138. The largest absolute Gasteiger partial charge is 0.482 e. The van der Waals surface area contributed by atoms with E-state index in [1.807, 2.05) is 0 Å². The molecule has 0 saturated carbocycles. The summed E-state index contributed by atoms with van der Waals surface area (Å²) in [5.41, 5.74) is 0. The summed E-state index contributed by atoms with van der Waals surface area (Å²) in [6.07, 6.45) is 0.123. The van der Waals surface area contributed by atoms with Crippen LogP contribution in [-0.4, -0.2) is 30.0 Å². The molecule has 4 nitrogen and oxygen atoms in total. The van der Waals surface area contributed by atoms with Gasteiger partial charge in [-0.25, -0.2) is 0 Å². The molecule has 0 heterocycles. The van der Waals surface area contributed by atoms with Crippen LogP contribution in [0.5, 0.6) is 0 Å². The van der Waals surface area contributed by atoms with Crippen molar-refractivity contribution in [2.45, 2.75) is 18.7 Å². The Balaban J connectivity index is 3.49. The first-order valence-corrected chi connectivity index (χ1v) is 2.98. The van der Waals surface area contributed by atoms with Gasteiger partial charge in [0, 0.05) is 12.2 Å². The van der Waals surface area contributed by atoms with E-state index in [4.69, 9.17) is 10.2 Å². The molecule has 0 aromatic heterocycles. The molecule has 1 unspecified atom stereocenters. The van der Waals surface area contributed by atoms with Crippen LogP contribution in [-0.2, 0) is 9.59 Å². The van der Waals surface area contributed by atoms with Crippen molar-refractivity contribution in [3.05, 3.63) is 0 Å². The Morgan fingerprint density at radius 2 is 1.90 bits per heavy atom. The molecule has 0 fully saturated rings. The predicted molar refractivity (Wildman–Crippen MR) is 36.8 cm³/mol. The summed E-state index contributed by atoms with van der Waals surface area (Å²) < 4.78 is 0. The van der Waals surface area contributed by atoms with Gasteiger partial charge in [0.15, 0.2) is 0 Å². The lowest BCUT2D eigenvalue weighted by Gasteiger charge is -2.00. The number of rotatable bonds is 4. The van der Waals surface area contributed by atoms with E-state index in [1.54, 1.807) is 0 Å². The summed E-state index contributed by atoms with van der Waals surface area (Å²) in [7, 11) is 1.49. The van der Waals surface area contributed by atoms with Gasteiger partial charge in [-0.1, -0.05) is 0 Å². The third-order valence-electron chi connectivity index (χ3n) is 1.21. The minimum atomic E-state index is -0.951. The molecule has 56 valence electrons. The van der Waals surface area contributed by atoms with Gasteiger partial charge in [0.2, 0.25) is 0 Å². The van der Waals surface area contributed by atoms with E-state index in [2.05, 4.69) is 0 Å². The van der Waals surface area contributed by atoms with Crippen LogP contribution in [0.1, 0.15) is 12.8 Å². The maximum absolute atomic E-state index is 10.1. The highest BCUT2D eigenvalue weighted by atomic mass is 16.4. The van der Waals surface area contributed by atoms with Gasteiger partial charge in [-0.05, 0) is 6.42 Å². The molecule has 0 radical (unpaired) electrons. The molecule has 0 aromatic carbocycles. The molecule has 1 atom stereocenters. The standard InChI is InChI=1S/C5H9BO4/c6-3(5(9)10)1-2-4(7)8/h3H,1-2,6H2,(H,7,8)(H,9,10). The van der Waals surface area contributed by atoms with Crippen molar-refractivity contribution in [3.63, 3.8) is 0 Å². The second-order valence-electron chi connectivity index (χ2n) is 2.17. The highest BCUT2D eigenvalue weighted by Gasteiger charge is 2.11. The third-order valence-corrected chi connectivity index (χ3v) is 1.21. The van der Waals surface area contributed by atoms with Crippen LogP contribution in [0.15, 0.2) is 0 Å². The van der Waals surface area contributed by atoms with Crippen LogP contribution in [0.4, 0.5) is 0 Å². The van der Waals surface area contributed by atoms with Crippen molar-refractivity contribution < 1.29 is 19.8 Å². The van der Waals surface area contributed by atoms with Crippen LogP contribution in [0.3, 0.4) is 0 Å². The molecular weight excluding hydrogens is 135 g/mol. The third kappa shape index (κ3) is 3.94. The quantitative estimate of drug-likeness (QED) is 0.514. The molecule has 0 bridgehead atoms. The molecule has 0 aliphatic rings. The minimum Gasteiger partial charge on any atom is -0.482 e. The number of carboxylic acids is 2. The van der Waals surface area contributed by atoms with Crippen molar-refractivity contribution in [3.8, 4) is 0 Å². The number of carboxylic acid groups (broad SMARTS) is 2. The summed E-state index contributed by atoms with van der Waals surface area (Å²) >= 11 is 0. The molecule has 5 heteroatoms. The summed E-state index contributed by atoms with van der Waals surface area (Å²) in [6, 6.07) is 0. The number of aliphatic carboxylic acids is 2. The number of carbonyl (C=O) groups is 2. The van der Waals surface area contributed by atoms with E-state index in [0.29, 0.717) is 0 Å². The van der Waals surface area contributed by atoms with Gasteiger partial charge >= 0.3 is 5.97 Å². The number of hydrogen-bond donors (Lipinski definition) is 2. The van der Waals surface area contributed by atoms with Crippen molar-refractivity contribution >= 4 is 19.8 Å². The Morgan fingerprint density at radius 1 is 1.40 bits per heavy atom. The molecule has 0 spiro atoms. The SMILES string of the molecule is BC(CCC(=O)O)C(=O)O. The zero-order chi connectivity index (χ0) is 8.15. The van der Waals surface area contributed by atoms with Crippen molar-refractivity contribution in [1.29, 1.82) is 0 Å². The molecule has 0 rings (SSSR count). The topological polar surface area (TPSA) is 74.6 Å². The number of hydrogen-bond acceptors (Lipinski definition) is 2.